The summed E-state index contributed by atoms with van der Waals surface area (Å²) < 4.78 is 32.2. The van der Waals surface area contributed by atoms with Crippen molar-refractivity contribution < 1.29 is 28.2 Å². The predicted molar refractivity (Wildman–Crippen MR) is 170 cm³/mol. The molecule has 238 valence electrons. The number of ether oxygens (including phenoxy) is 3. The van der Waals surface area contributed by atoms with Crippen molar-refractivity contribution in [3.8, 4) is 17.0 Å². The second-order valence-electron chi connectivity index (χ2n) is 12.4. The fraction of sp³-hybridized carbons (Fsp3) is 0.441. The molecule has 0 bridgehead atoms. The number of rotatable bonds is 12. The second-order valence-corrected chi connectivity index (χ2v) is 12.4. The molecule has 44 heavy (non-hydrogen) atoms. The summed E-state index contributed by atoms with van der Waals surface area (Å²) in [5.74, 6) is -0.153. The molecule has 0 aliphatic carbocycles. The van der Waals surface area contributed by atoms with Crippen molar-refractivity contribution in [3.05, 3.63) is 77.2 Å². The van der Waals surface area contributed by atoms with Gasteiger partial charge in [-0.2, -0.15) is 5.10 Å². The average Bonchev–Trinajstić information content (AvgIpc) is 3.31. The Morgan fingerprint density at radius 2 is 1.66 bits per heavy atom. The molecule has 0 atom stereocenters. The van der Waals surface area contributed by atoms with Gasteiger partial charge in [-0.25, -0.2) is 14.0 Å². The number of nitrogens with zero attached hydrogens (tertiary/aromatic N) is 3. The average molecular weight is 609 g/mol. The largest absolute Gasteiger partial charge is 0.497 e. The molecule has 3 aromatic rings. The molecular weight excluding hydrogens is 563 g/mol. The molecular formula is C34H45FN4O5. The van der Waals surface area contributed by atoms with Crippen LogP contribution in [0, 0.1) is 5.82 Å². The first-order valence-corrected chi connectivity index (χ1v) is 14.6. The molecule has 1 aromatic heterocycles. The summed E-state index contributed by atoms with van der Waals surface area (Å²) in [5.41, 5.74) is 2.29. The van der Waals surface area contributed by atoms with Crippen LogP contribution in [0.2, 0.25) is 0 Å². The summed E-state index contributed by atoms with van der Waals surface area (Å²) in [6.07, 6.45) is 1.27. The number of nitrogens with one attached hydrogen (secondary N) is 1. The number of benzene rings is 2. The number of hydrogen-bond donors (Lipinski definition) is 1. The van der Waals surface area contributed by atoms with E-state index in [-0.39, 0.29) is 19.0 Å². The smallest absolute Gasteiger partial charge is 0.407 e. The minimum Gasteiger partial charge on any atom is -0.497 e. The van der Waals surface area contributed by atoms with E-state index in [4.69, 9.17) is 19.3 Å². The van der Waals surface area contributed by atoms with Gasteiger partial charge in [0.1, 0.15) is 17.2 Å². The summed E-state index contributed by atoms with van der Waals surface area (Å²) in [4.78, 5) is 28.3. The van der Waals surface area contributed by atoms with Gasteiger partial charge in [-0.1, -0.05) is 32.1 Å². The number of methoxy groups -OCH3 is 1. The Hall–Kier alpha value is -4.18. The van der Waals surface area contributed by atoms with Crippen LogP contribution in [0.5, 0.6) is 5.75 Å². The van der Waals surface area contributed by atoms with Crippen LogP contribution in [0.15, 0.2) is 54.6 Å². The van der Waals surface area contributed by atoms with Crippen LogP contribution < -0.4 is 10.1 Å². The molecule has 0 radical (unpaired) electrons. The maximum absolute atomic E-state index is 14.0. The zero-order valence-electron chi connectivity index (χ0n) is 27.3. The molecule has 2 aromatic carbocycles. The van der Waals surface area contributed by atoms with Gasteiger partial charge < -0.3 is 24.4 Å². The Balaban J connectivity index is 2.32. The topological polar surface area (TPSA) is 94.9 Å². The molecule has 1 amide bonds. The first kappa shape index (κ1) is 34.3. The van der Waals surface area contributed by atoms with E-state index < -0.39 is 23.1 Å². The lowest BCUT2D eigenvalue weighted by molar-refractivity contribution is -0.136. The molecule has 3 rings (SSSR count). The van der Waals surface area contributed by atoms with Gasteiger partial charge in [0.05, 0.1) is 37.2 Å². The molecule has 0 aliphatic rings. The standard InChI is InChI=1S/C34H45FN4O5/c1-10-43-31(40)27(19-20-38(7)8)30-28(34(5,6)22-36-32(41)44-33(2,3)4)29(24-13-15-25(35)16-14-24)37-39(30)21-23-11-17-26(42-9)18-12-23/h11-19H,10,20-22H2,1-9H3,(H,36,41)/b27-19-. The molecule has 0 aliphatic heterocycles. The van der Waals surface area contributed by atoms with Crippen molar-refractivity contribution in [1.29, 1.82) is 0 Å². The number of likely N-dealkylation sites (N-methyl/N-ethyl adjacent to an activating group) is 1. The van der Waals surface area contributed by atoms with E-state index in [2.05, 4.69) is 5.32 Å². The maximum Gasteiger partial charge on any atom is 0.407 e. The van der Waals surface area contributed by atoms with Crippen molar-refractivity contribution in [3.63, 3.8) is 0 Å². The Kier molecular flexibility index (Phi) is 11.3. The van der Waals surface area contributed by atoms with Crippen LogP contribution in [-0.2, 0) is 26.2 Å². The van der Waals surface area contributed by atoms with Gasteiger partial charge >= 0.3 is 12.1 Å². The Bertz CT molecular complexity index is 1450. The van der Waals surface area contributed by atoms with Gasteiger partial charge in [0.2, 0.25) is 0 Å². The van der Waals surface area contributed by atoms with Crippen LogP contribution in [0.25, 0.3) is 16.8 Å². The predicted octanol–water partition coefficient (Wildman–Crippen LogP) is 6.06. The molecule has 9 nitrogen and oxygen atoms in total. The first-order chi connectivity index (χ1) is 20.6. The number of hydrogen-bond acceptors (Lipinski definition) is 7. The number of alkyl carbamates (subject to hydrolysis) is 1. The van der Waals surface area contributed by atoms with E-state index in [0.717, 1.165) is 11.3 Å². The maximum atomic E-state index is 14.0. The van der Waals surface area contributed by atoms with E-state index in [1.807, 2.05) is 63.2 Å². The molecule has 0 spiro atoms. The Morgan fingerprint density at radius 3 is 2.20 bits per heavy atom. The van der Waals surface area contributed by atoms with Crippen molar-refractivity contribution >= 4 is 17.6 Å². The first-order valence-electron chi connectivity index (χ1n) is 14.6. The Morgan fingerprint density at radius 1 is 1.02 bits per heavy atom. The van der Waals surface area contributed by atoms with Crippen molar-refractivity contribution in [2.75, 3.05) is 40.9 Å². The van der Waals surface area contributed by atoms with E-state index in [0.29, 0.717) is 41.2 Å². The number of halogens is 1. The highest BCUT2D eigenvalue weighted by molar-refractivity contribution is 6.17. The molecule has 1 heterocycles. The van der Waals surface area contributed by atoms with Gasteiger partial charge in [-0.3, -0.25) is 4.68 Å². The van der Waals surface area contributed by atoms with E-state index >= 15 is 0 Å². The second kappa shape index (κ2) is 14.5. The van der Waals surface area contributed by atoms with Crippen LogP contribution in [0.1, 0.15) is 58.4 Å². The van der Waals surface area contributed by atoms with Gasteiger partial charge in [-0.05, 0) is 83.8 Å². The number of esters is 1. The molecule has 0 unspecified atom stereocenters. The molecule has 0 saturated carbocycles. The van der Waals surface area contributed by atoms with E-state index in [1.54, 1.807) is 51.6 Å². The minimum absolute atomic E-state index is 0.168. The van der Waals surface area contributed by atoms with Crippen molar-refractivity contribution in [2.45, 2.75) is 59.1 Å². The van der Waals surface area contributed by atoms with Gasteiger partial charge in [-0.15, -0.1) is 0 Å². The zero-order chi connectivity index (χ0) is 32.7. The van der Waals surface area contributed by atoms with E-state index in [9.17, 15) is 14.0 Å². The number of carbonyl (C=O) groups excluding carboxylic acids is 2. The fourth-order valence-electron chi connectivity index (χ4n) is 4.66. The van der Waals surface area contributed by atoms with Crippen LogP contribution in [-0.4, -0.2) is 73.2 Å². The fourth-order valence-corrected chi connectivity index (χ4v) is 4.66. The zero-order valence-corrected chi connectivity index (χ0v) is 27.3. The molecule has 0 fully saturated rings. The highest BCUT2D eigenvalue weighted by atomic mass is 19.1. The summed E-state index contributed by atoms with van der Waals surface area (Å²) in [6.45, 7) is 12.2. The summed E-state index contributed by atoms with van der Waals surface area (Å²) in [5, 5.41) is 7.94. The lowest BCUT2D eigenvalue weighted by atomic mass is 9.80. The minimum atomic E-state index is -0.780. The third-order valence-corrected chi connectivity index (χ3v) is 6.72. The normalized spacial score (nSPS) is 12.3. The molecule has 10 heteroatoms. The van der Waals surface area contributed by atoms with Crippen LogP contribution in [0.4, 0.5) is 9.18 Å². The lowest BCUT2D eigenvalue weighted by Gasteiger charge is -2.29. The number of amides is 1. The monoisotopic (exact) mass is 608 g/mol. The SMILES string of the molecule is CCOC(=O)/C(=C\CN(C)C)c1c(C(C)(C)CNC(=O)OC(C)(C)C)c(-c2ccc(F)cc2)nn1Cc1ccc(OC)cc1. The summed E-state index contributed by atoms with van der Waals surface area (Å²) >= 11 is 0. The van der Waals surface area contributed by atoms with Gasteiger partial charge in [0.25, 0.3) is 0 Å². The number of aromatic nitrogens is 2. The lowest BCUT2D eigenvalue weighted by Crippen LogP contribution is -2.40. The molecule has 1 N–H and O–H groups in total. The summed E-state index contributed by atoms with van der Waals surface area (Å²) in [6, 6.07) is 13.7. The summed E-state index contributed by atoms with van der Waals surface area (Å²) in [7, 11) is 5.43. The molecule has 0 saturated heterocycles. The van der Waals surface area contributed by atoms with Gasteiger partial charge in [0.15, 0.2) is 0 Å². The highest BCUT2D eigenvalue weighted by Crippen LogP contribution is 2.39. The highest BCUT2D eigenvalue weighted by Gasteiger charge is 2.36. The number of carbonyl (C=O) groups is 2. The Labute approximate surface area is 260 Å². The quantitative estimate of drug-likeness (QED) is 0.197. The van der Waals surface area contributed by atoms with Crippen LogP contribution in [0.3, 0.4) is 0 Å². The van der Waals surface area contributed by atoms with Crippen molar-refractivity contribution in [2.24, 2.45) is 0 Å². The third kappa shape index (κ3) is 9.16. The van der Waals surface area contributed by atoms with Crippen molar-refractivity contribution in [1.82, 2.24) is 20.0 Å². The van der Waals surface area contributed by atoms with Crippen LogP contribution >= 0.6 is 0 Å². The third-order valence-electron chi connectivity index (χ3n) is 6.72. The van der Waals surface area contributed by atoms with E-state index in [1.165, 1.54) is 12.1 Å². The van der Waals surface area contributed by atoms with Gasteiger partial charge in [0, 0.05) is 29.6 Å².